The van der Waals surface area contributed by atoms with E-state index in [1.807, 2.05) is 39.8 Å². The first-order chi connectivity index (χ1) is 6.72. The summed E-state index contributed by atoms with van der Waals surface area (Å²) in [6.07, 6.45) is 0.972. The molecule has 2 heteroatoms. The van der Waals surface area contributed by atoms with Crippen LogP contribution in [0.2, 0.25) is 10.0 Å². The summed E-state index contributed by atoms with van der Waals surface area (Å²) < 4.78 is 0. The highest BCUT2D eigenvalue weighted by Gasteiger charge is 1.94. The van der Waals surface area contributed by atoms with E-state index >= 15 is 0 Å². The summed E-state index contributed by atoms with van der Waals surface area (Å²) in [5.41, 5.74) is 1.18. The van der Waals surface area contributed by atoms with Crippen LogP contribution >= 0.6 is 23.2 Å². The van der Waals surface area contributed by atoms with Crippen LogP contribution in [0.4, 0.5) is 0 Å². The van der Waals surface area contributed by atoms with E-state index in [9.17, 15) is 0 Å². The van der Waals surface area contributed by atoms with E-state index in [2.05, 4.69) is 6.92 Å². The zero-order valence-corrected chi connectivity index (χ0v) is 11.2. The molecule has 0 bridgehead atoms. The van der Waals surface area contributed by atoms with E-state index in [0.717, 1.165) is 6.42 Å². The Hall–Kier alpha value is -0.200. The highest BCUT2D eigenvalue weighted by molar-refractivity contribution is 6.34. The van der Waals surface area contributed by atoms with Crippen molar-refractivity contribution in [3.8, 4) is 0 Å². The van der Waals surface area contributed by atoms with Gasteiger partial charge >= 0.3 is 0 Å². The van der Waals surface area contributed by atoms with Gasteiger partial charge in [-0.25, -0.2) is 0 Å². The average Bonchev–Trinajstić information content (AvgIpc) is 2.22. The Morgan fingerprint density at radius 1 is 0.857 bits per heavy atom. The first-order valence-corrected chi connectivity index (χ1v) is 5.93. The maximum Gasteiger partial charge on any atom is 0.0423 e. The molecule has 0 unspecified atom stereocenters. The van der Waals surface area contributed by atoms with Gasteiger partial charge in [0, 0.05) is 10.0 Å². The smallest absolute Gasteiger partial charge is 0.0423 e. The van der Waals surface area contributed by atoms with Crippen molar-refractivity contribution in [1.29, 1.82) is 0 Å². The fraction of sp³-hybridized carbons (Fsp3) is 0.500. The lowest BCUT2D eigenvalue weighted by Gasteiger charge is -1.97. The third-order valence-corrected chi connectivity index (χ3v) is 1.77. The van der Waals surface area contributed by atoms with E-state index < -0.39 is 0 Å². The van der Waals surface area contributed by atoms with Crippen molar-refractivity contribution in [2.24, 2.45) is 0 Å². The molecule has 0 spiro atoms. The summed E-state index contributed by atoms with van der Waals surface area (Å²) >= 11 is 11.5. The van der Waals surface area contributed by atoms with Crippen molar-refractivity contribution in [3.05, 3.63) is 33.8 Å². The van der Waals surface area contributed by atoms with Crippen LogP contribution in [0.1, 0.15) is 40.2 Å². The monoisotopic (exact) mass is 234 g/mol. The molecule has 1 aromatic rings. The first-order valence-electron chi connectivity index (χ1n) is 5.17. The zero-order valence-electron chi connectivity index (χ0n) is 9.70. The standard InChI is InChI=1S/C8H8Cl2.2C2H6/c1-2-6-3-7(9)5-8(10)4-6;2*1-2/h3-5H,2H2,1H3;2*1-2H3. The molecule has 0 nitrogen and oxygen atoms in total. The Morgan fingerprint density at radius 2 is 1.21 bits per heavy atom. The minimum Gasteiger partial charge on any atom is -0.0843 e. The van der Waals surface area contributed by atoms with Crippen LogP contribution in [0, 0.1) is 0 Å². The summed E-state index contributed by atoms with van der Waals surface area (Å²) in [6, 6.07) is 5.59. The van der Waals surface area contributed by atoms with Gasteiger partial charge in [0.25, 0.3) is 0 Å². The van der Waals surface area contributed by atoms with Gasteiger partial charge in [0.2, 0.25) is 0 Å². The summed E-state index contributed by atoms with van der Waals surface area (Å²) in [6.45, 7) is 10.1. The van der Waals surface area contributed by atoms with Crippen LogP contribution in [0.15, 0.2) is 18.2 Å². The second kappa shape index (κ2) is 10.9. The minimum absolute atomic E-state index is 0.712. The van der Waals surface area contributed by atoms with Crippen LogP contribution in [0.3, 0.4) is 0 Å². The summed E-state index contributed by atoms with van der Waals surface area (Å²) in [4.78, 5) is 0. The second-order valence-corrected chi connectivity index (χ2v) is 3.00. The Bertz CT molecular complexity index is 212. The second-order valence-electron chi connectivity index (χ2n) is 2.13. The molecule has 0 N–H and O–H groups in total. The summed E-state index contributed by atoms with van der Waals surface area (Å²) in [5, 5.41) is 1.42. The van der Waals surface area contributed by atoms with Gasteiger partial charge in [-0.1, -0.05) is 57.8 Å². The van der Waals surface area contributed by atoms with Crippen molar-refractivity contribution in [1.82, 2.24) is 0 Å². The van der Waals surface area contributed by atoms with Gasteiger partial charge in [0.1, 0.15) is 0 Å². The SMILES string of the molecule is CC.CC.CCc1cc(Cl)cc(Cl)c1. The molecule has 0 aliphatic heterocycles. The molecule has 0 atom stereocenters. The molecule has 0 saturated heterocycles. The van der Waals surface area contributed by atoms with Crippen LogP contribution in [0.5, 0.6) is 0 Å². The third kappa shape index (κ3) is 7.23. The maximum absolute atomic E-state index is 5.74. The molecule has 0 radical (unpaired) electrons. The largest absolute Gasteiger partial charge is 0.0843 e. The molecular weight excluding hydrogens is 215 g/mol. The van der Waals surface area contributed by atoms with Crippen molar-refractivity contribution >= 4 is 23.2 Å². The lowest BCUT2D eigenvalue weighted by Crippen LogP contribution is -1.78. The topological polar surface area (TPSA) is 0 Å². The molecule has 0 amide bonds. The fourth-order valence-electron chi connectivity index (χ4n) is 0.815. The van der Waals surface area contributed by atoms with Gasteiger partial charge in [0.05, 0.1) is 0 Å². The zero-order chi connectivity index (χ0) is 11.6. The van der Waals surface area contributed by atoms with Gasteiger partial charge in [-0.3, -0.25) is 0 Å². The Morgan fingerprint density at radius 3 is 1.50 bits per heavy atom. The molecule has 82 valence electrons. The molecule has 0 aromatic heterocycles. The van der Waals surface area contributed by atoms with Crippen LogP contribution in [-0.2, 0) is 6.42 Å². The van der Waals surface area contributed by atoms with E-state index in [4.69, 9.17) is 23.2 Å². The van der Waals surface area contributed by atoms with E-state index in [1.54, 1.807) is 6.07 Å². The summed E-state index contributed by atoms with van der Waals surface area (Å²) in [5.74, 6) is 0. The van der Waals surface area contributed by atoms with Crippen LogP contribution < -0.4 is 0 Å². The number of halogens is 2. The van der Waals surface area contributed by atoms with Gasteiger partial charge < -0.3 is 0 Å². The number of rotatable bonds is 1. The third-order valence-electron chi connectivity index (χ3n) is 1.33. The van der Waals surface area contributed by atoms with Crippen LogP contribution in [0.25, 0.3) is 0 Å². The molecule has 0 heterocycles. The number of hydrogen-bond acceptors (Lipinski definition) is 0. The number of hydrogen-bond donors (Lipinski definition) is 0. The van der Waals surface area contributed by atoms with Crippen LogP contribution in [-0.4, -0.2) is 0 Å². The van der Waals surface area contributed by atoms with Crippen molar-refractivity contribution in [3.63, 3.8) is 0 Å². The maximum atomic E-state index is 5.74. The predicted octanol–water partition coefficient (Wildman–Crippen LogP) is 5.61. The highest BCUT2D eigenvalue weighted by Crippen LogP contribution is 2.18. The molecule has 0 saturated carbocycles. The molecule has 0 aliphatic rings. The quantitative estimate of drug-likeness (QED) is 0.593. The van der Waals surface area contributed by atoms with E-state index in [-0.39, 0.29) is 0 Å². The van der Waals surface area contributed by atoms with E-state index in [1.165, 1.54) is 5.56 Å². The minimum atomic E-state index is 0.712. The molecule has 0 aliphatic carbocycles. The fourth-order valence-corrected chi connectivity index (χ4v) is 1.39. The number of aryl methyl sites for hydroxylation is 1. The van der Waals surface area contributed by atoms with E-state index in [0.29, 0.717) is 10.0 Å². The molecule has 14 heavy (non-hydrogen) atoms. The van der Waals surface area contributed by atoms with Crippen molar-refractivity contribution in [2.45, 2.75) is 41.0 Å². The first kappa shape index (κ1) is 16.2. The van der Waals surface area contributed by atoms with Crippen molar-refractivity contribution < 1.29 is 0 Å². The number of benzene rings is 1. The Balaban J connectivity index is 0. The summed E-state index contributed by atoms with van der Waals surface area (Å²) in [7, 11) is 0. The normalized spacial score (nSPS) is 7.93. The van der Waals surface area contributed by atoms with Crippen molar-refractivity contribution in [2.75, 3.05) is 0 Å². The van der Waals surface area contributed by atoms with Gasteiger partial charge in [-0.2, -0.15) is 0 Å². The lowest BCUT2D eigenvalue weighted by molar-refractivity contribution is 1.14. The molecule has 0 fully saturated rings. The van der Waals surface area contributed by atoms with Gasteiger partial charge in [-0.15, -0.1) is 0 Å². The van der Waals surface area contributed by atoms with Gasteiger partial charge in [0.15, 0.2) is 0 Å². The Kier molecular flexibility index (Phi) is 12.6. The molecule has 1 rings (SSSR count). The predicted molar refractivity (Wildman–Crippen MR) is 68.5 cm³/mol. The van der Waals surface area contributed by atoms with Gasteiger partial charge in [-0.05, 0) is 30.2 Å². The average molecular weight is 235 g/mol. The lowest BCUT2D eigenvalue weighted by atomic mass is 10.2. The molecule has 1 aromatic carbocycles. The molecular formula is C12H20Cl2. The Labute approximate surface area is 98.2 Å². The highest BCUT2D eigenvalue weighted by atomic mass is 35.5.